The number of Topliss-reactive ketones (excluding diaryl/α,β-unsaturated/α-hetero) is 1. The Hall–Kier alpha value is -1.20. The molecule has 5 heteroatoms. The molecule has 2 aliphatic rings. The molecule has 2 fully saturated rings. The SMILES string of the molecule is O=C1CC2CC(S(=O)(=O)Cc3ccccc3)C(C1)N2. The van der Waals surface area contributed by atoms with Crippen molar-refractivity contribution in [3.05, 3.63) is 35.9 Å². The summed E-state index contributed by atoms with van der Waals surface area (Å²) >= 11 is 0. The molecule has 0 radical (unpaired) electrons. The fraction of sp³-hybridized carbons (Fsp3) is 0.500. The highest BCUT2D eigenvalue weighted by molar-refractivity contribution is 7.91. The van der Waals surface area contributed by atoms with Crippen LogP contribution >= 0.6 is 0 Å². The van der Waals surface area contributed by atoms with Crippen LogP contribution in [0.3, 0.4) is 0 Å². The number of ketones is 1. The fourth-order valence-corrected chi connectivity index (χ4v) is 5.24. The summed E-state index contributed by atoms with van der Waals surface area (Å²) in [5.41, 5.74) is 0.815. The summed E-state index contributed by atoms with van der Waals surface area (Å²) in [5.74, 6) is 0.253. The molecule has 1 N–H and O–H groups in total. The van der Waals surface area contributed by atoms with Gasteiger partial charge in [0.2, 0.25) is 0 Å². The minimum absolute atomic E-state index is 0.0572. The fourth-order valence-electron chi connectivity index (χ4n) is 3.17. The minimum Gasteiger partial charge on any atom is -0.309 e. The second-order valence-electron chi connectivity index (χ2n) is 5.48. The number of hydrogen-bond acceptors (Lipinski definition) is 4. The highest BCUT2D eigenvalue weighted by atomic mass is 32.2. The standard InChI is InChI=1S/C14H17NO3S/c16-12-6-11-7-14(13(8-12)15-11)19(17,18)9-10-4-2-1-3-5-10/h1-5,11,13-15H,6-9H2. The van der Waals surface area contributed by atoms with Crippen molar-refractivity contribution in [3.8, 4) is 0 Å². The summed E-state index contributed by atoms with van der Waals surface area (Å²) in [4.78, 5) is 11.5. The molecule has 3 rings (SSSR count). The van der Waals surface area contributed by atoms with Gasteiger partial charge >= 0.3 is 0 Å². The normalized spacial score (nSPS) is 30.5. The van der Waals surface area contributed by atoms with Crippen LogP contribution in [0.1, 0.15) is 24.8 Å². The van der Waals surface area contributed by atoms with Crippen LogP contribution in [-0.2, 0) is 20.4 Å². The molecule has 2 bridgehead atoms. The van der Waals surface area contributed by atoms with Crippen molar-refractivity contribution >= 4 is 15.6 Å². The van der Waals surface area contributed by atoms with Crippen LogP contribution in [-0.4, -0.2) is 31.5 Å². The maximum absolute atomic E-state index is 12.5. The van der Waals surface area contributed by atoms with Crippen molar-refractivity contribution < 1.29 is 13.2 Å². The number of carbonyl (C=O) groups excluding carboxylic acids is 1. The topological polar surface area (TPSA) is 63.2 Å². The second-order valence-corrected chi connectivity index (χ2v) is 7.70. The highest BCUT2D eigenvalue weighted by Gasteiger charge is 2.45. The van der Waals surface area contributed by atoms with Crippen molar-refractivity contribution in [2.75, 3.05) is 0 Å². The van der Waals surface area contributed by atoms with E-state index in [1.54, 1.807) is 0 Å². The van der Waals surface area contributed by atoms with E-state index in [-0.39, 0.29) is 23.6 Å². The molecular formula is C14H17NO3S. The van der Waals surface area contributed by atoms with Gasteiger partial charge in [-0.3, -0.25) is 4.79 Å². The lowest BCUT2D eigenvalue weighted by atomic mass is 10.1. The van der Waals surface area contributed by atoms with Crippen molar-refractivity contribution in [2.45, 2.75) is 42.3 Å². The first-order valence-electron chi connectivity index (χ1n) is 6.58. The van der Waals surface area contributed by atoms with Crippen LogP contribution in [0.15, 0.2) is 30.3 Å². The number of fused-ring (bicyclic) bond motifs is 2. The Morgan fingerprint density at radius 3 is 2.63 bits per heavy atom. The van der Waals surface area contributed by atoms with Gasteiger partial charge in [-0.15, -0.1) is 0 Å². The predicted molar refractivity (Wildman–Crippen MR) is 72.4 cm³/mol. The summed E-state index contributed by atoms with van der Waals surface area (Å²) in [6.45, 7) is 0. The van der Waals surface area contributed by atoms with Crippen molar-refractivity contribution in [3.63, 3.8) is 0 Å². The van der Waals surface area contributed by atoms with Crippen LogP contribution in [0.2, 0.25) is 0 Å². The molecule has 1 aromatic carbocycles. The molecule has 0 aliphatic carbocycles. The van der Waals surface area contributed by atoms with Crippen molar-refractivity contribution in [2.24, 2.45) is 0 Å². The Bertz CT molecular complexity index is 582. The van der Waals surface area contributed by atoms with E-state index < -0.39 is 15.1 Å². The molecule has 2 saturated heterocycles. The zero-order chi connectivity index (χ0) is 13.5. The number of rotatable bonds is 3. The first-order valence-corrected chi connectivity index (χ1v) is 8.29. The average Bonchev–Trinajstić information content (AvgIpc) is 2.66. The second kappa shape index (κ2) is 4.72. The number of hydrogen-bond donors (Lipinski definition) is 1. The zero-order valence-corrected chi connectivity index (χ0v) is 11.4. The van der Waals surface area contributed by atoms with Crippen molar-refractivity contribution in [1.82, 2.24) is 5.32 Å². The molecule has 3 atom stereocenters. The van der Waals surface area contributed by atoms with Gasteiger partial charge in [-0.05, 0) is 12.0 Å². The zero-order valence-electron chi connectivity index (χ0n) is 10.6. The number of carbonyl (C=O) groups is 1. The first kappa shape index (κ1) is 12.8. The molecule has 2 aliphatic heterocycles. The van der Waals surface area contributed by atoms with Crippen LogP contribution in [0, 0.1) is 0 Å². The van der Waals surface area contributed by atoms with Crippen LogP contribution in [0.5, 0.6) is 0 Å². The Morgan fingerprint density at radius 1 is 1.16 bits per heavy atom. The van der Waals surface area contributed by atoms with Gasteiger partial charge in [-0.1, -0.05) is 30.3 Å². The van der Waals surface area contributed by atoms with Crippen molar-refractivity contribution in [1.29, 1.82) is 0 Å². The Morgan fingerprint density at radius 2 is 1.89 bits per heavy atom. The first-order chi connectivity index (χ1) is 9.04. The van der Waals surface area contributed by atoms with Gasteiger partial charge in [0.15, 0.2) is 9.84 Å². The monoisotopic (exact) mass is 279 g/mol. The summed E-state index contributed by atoms with van der Waals surface area (Å²) < 4.78 is 25.0. The number of sulfone groups is 1. The van der Waals surface area contributed by atoms with E-state index in [1.165, 1.54) is 0 Å². The van der Waals surface area contributed by atoms with E-state index in [9.17, 15) is 13.2 Å². The Kier molecular flexibility index (Phi) is 3.19. The van der Waals surface area contributed by atoms with Crippen LogP contribution in [0.25, 0.3) is 0 Å². The number of piperidine rings is 1. The lowest BCUT2D eigenvalue weighted by Gasteiger charge is -2.22. The van der Waals surface area contributed by atoms with Gasteiger partial charge in [0, 0.05) is 24.9 Å². The Balaban J connectivity index is 1.80. The minimum atomic E-state index is -3.21. The molecular weight excluding hydrogens is 262 g/mol. The van der Waals surface area contributed by atoms with E-state index in [1.807, 2.05) is 30.3 Å². The molecule has 0 aromatic heterocycles. The molecule has 4 nitrogen and oxygen atoms in total. The average molecular weight is 279 g/mol. The summed E-state index contributed by atoms with van der Waals surface area (Å²) in [6.07, 6.45) is 1.41. The molecule has 0 amide bonds. The Labute approximate surface area is 113 Å². The predicted octanol–water partition coefficient (Wildman–Crippen LogP) is 1.06. The molecule has 0 saturated carbocycles. The van der Waals surface area contributed by atoms with E-state index in [4.69, 9.17) is 0 Å². The van der Waals surface area contributed by atoms with Gasteiger partial charge < -0.3 is 5.32 Å². The van der Waals surface area contributed by atoms with Gasteiger partial charge in [-0.2, -0.15) is 0 Å². The molecule has 3 unspecified atom stereocenters. The van der Waals surface area contributed by atoms with E-state index in [0.717, 1.165) is 5.56 Å². The molecule has 19 heavy (non-hydrogen) atoms. The number of benzene rings is 1. The maximum Gasteiger partial charge on any atom is 0.158 e. The molecule has 0 spiro atoms. The van der Waals surface area contributed by atoms with Gasteiger partial charge in [0.05, 0.1) is 11.0 Å². The largest absolute Gasteiger partial charge is 0.309 e. The number of nitrogens with one attached hydrogen (secondary N) is 1. The van der Waals surface area contributed by atoms with Gasteiger partial charge in [-0.25, -0.2) is 8.42 Å². The molecule has 102 valence electrons. The summed E-state index contributed by atoms with van der Waals surface area (Å²) in [6, 6.07) is 9.11. The summed E-state index contributed by atoms with van der Waals surface area (Å²) in [5, 5.41) is 2.85. The maximum atomic E-state index is 12.5. The smallest absolute Gasteiger partial charge is 0.158 e. The molecule has 1 aromatic rings. The van der Waals surface area contributed by atoms with Gasteiger partial charge in [0.25, 0.3) is 0 Å². The molecule has 2 heterocycles. The third-order valence-electron chi connectivity index (χ3n) is 4.01. The third-order valence-corrected chi connectivity index (χ3v) is 6.19. The van der Waals surface area contributed by atoms with Crippen LogP contribution in [0.4, 0.5) is 0 Å². The van der Waals surface area contributed by atoms with E-state index in [2.05, 4.69) is 5.32 Å². The highest BCUT2D eigenvalue weighted by Crippen LogP contribution is 2.31. The summed E-state index contributed by atoms with van der Waals surface area (Å²) in [7, 11) is -3.21. The van der Waals surface area contributed by atoms with Gasteiger partial charge in [0.1, 0.15) is 5.78 Å². The quantitative estimate of drug-likeness (QED) is 0.899. The van der Waals surface area contributed by atoms with Crippen LogP contribution < -0.4 is 5.32 Å². The third kappa shape index (κ3) is 2.58. The lowest BCUT2D eigenvalue weighted by molar-refractivity contribution is -0.120. The lowest BCUT2D eigenvalue weighted by Crippen LogP contribution is -2.42. The van der Waals surface area contributed by atoms with E-state index in [0.29, 0.717) is 19.3 Å². The van der Waals surface area contributed by atoms with E-state index >= 15 is 0 Å².